The number of likely N-dealkylation sites (N-methyl/N-ethyl adjacent to an activating group) is 1. The summed E-state index contributed by atoms with van der Waals surface area (Å²) >= 11 is 0. The Hall–Kier alpha value is -0.900. The SMILES string of the molecule is COCCN(C)C(CN)c1cccc(C)c1. The van der Waals surface area contributed by atoms with Crippen molar-refractivity contribution in [3.63, 3.8) is 0 Å². The van der Waals surface area contributed by atoms with E-state index in [-0.39, 0.29) is 6.04 Å². The van der Waals surface area contributed by atoms with Gasteiger partial charge in [0.15, 0.2) is 0 Å². The fraction of sp³-hybridized carbons (Fsp3) is 0.538. The number of aryl methyl sites for hydroxylation is 1. The molecule has 3 nitrogen and oxygen atoms in total. The summed E-state index contributed by atoms with van der Waals surface area (Å²) in [6.07, 6.45) is 0. The van der Waals surface area contributed by atoms with Crippen molar-refractivity contribution >= 4 is 0 Å². The minimum atomic E-state index is 0.273. The lowest BCUT2D eigenvalue weighted by molar-refractivity contribution is 0.140. The second kappa shape index (κ2) is 6.63. The molecule has 0 aliphatic carbocycles. The van der Waals surface area contributed by atoms with Gasteiger partial charge in [0.1, 0.15) is 0 Å². The van der Waals surface area contributed by atoms with Crippen molar-refractivity contribution in [2.75, 3.05) is 33.9 Å². The maximum absolute atomic E-state index is 5.85. The fourth-order valence-corrected chi connectivity index (χ4v) is 1.84. The topological polar surface area (TPSA) is 38.5 Å². The standard InChI is InChI=1S/C13H22N2O/c1-11-5-4-6-12(9-11)13(10-14)15(2)7-8-16-3/h4-6,9,13H,7-8,10,14H2,1-3H3. The Morgan fingerprint density at radius 3 is 2.75 bits per heavy atom. The number of methoxy groups -OCH3 is 1. The highest BCUT2D eigenvalue weighted by Crippen LogP contribution is 2.18. The van der Waals surface area contributed by atoms with Crippen LogP contribution < -0.4 is 5.73 Å². The smallest absolute Gasteiger partial charge is 0.0589 e. The van der Waals surface area contributed by atoms with Crippen LogP contribution in [0.1, 0.15) is 17.2 Å². The van der Waals surface area contributed by atoms with Gasteiger partial charge in [0, 0.05) is 26.2 Å². The lowest BCUT2D eigenvalue weighted by Crippen LogP contribution is -2.32. The maximum atomic E-state index is 5.85. The lowest BCUT2D eigenvalue weighted by Gasteiger charge is -2.27. The van der Waals surface area contributed by atoms with Crippen molar-refractivity contribution in [2.45, 2.75) is 13.0 Å². The molecular formula is C13H22N2O. The first-order valence-electron chi connectivity index (χ1n) is 5.65. The summed E-state index contributed by atoms with van der Waals surface area (Å²) in [5, 5.41) is 0. The normalized spacial score (nSPS) is 13.1. The van der Waals surface area contributed by atoms with Crippen LogP contribution in [0.15, 0.2) is 24.3 Å². The van der Waals surface area contributed by atoms with Crippen molar-refractivity contribution in [1.82, 2.24) is 4.90 Å². The predicted octanol–water partition coefficient (Wildman–Crippen LogP) is 1.57. The van der Waals surface area contributed by atoms with E-state index in [1.54, 1.807) is 7.11 Å². The molecule has 1 aromatic carbocycles. The Labute approximate surface area is 98.2 Å². The molecule has 2 N–H and O–H groups in total. The molecule has 0 saturated carbocycles. The van der Waals surface area contributed by atoms with Crippen LogP contribution in [0.4, 0.5) is 0 Å². The molecule has 0 spiro atoms. The molecule has 3 heteroatoms. The Kier molecular flexibility index (Phi) is 5.46. The van der Waals surface area contributed by atoms with E-state index >= 15 is 0 Å². The predicted molar refractivity (Wildman–Crippen MR) is 67.5 cm³/mol. The highest BCUT2D eigenvalue weighted by Gasteiger charge is 2.14. The average molecular weight is 222 g/mol. The van der Waals surface area contributed by atoms with Crippen molar-refractivity contribution in [1.29, 1.82) is 0 Å². The number of hydrogen-bond acceptors (Lipinski definition) is 3. The largest absolute Gasteiger partial charge is 0.383 e. The summed E-state index contributed by atoms with van der Waals surface area (Å²) in [5.74, 6) is 0. The molecule has 0 radical (unpaired) electrons. The van der Waals surface area contributed by atoms with Crippen molar-refractivity contribution in [2.24, 2.45) is 5.73 Å². The number of rotatable bonds is 6. The Morgan fingerprint density at radius 2 is 2.19 bits per heavy atom. The van der Waals surface area contributed by atoms with Crippen LogP contribution in [-0.4, -0.2) is 38.8 Å². The zero-order valence-electron chi connectivity index (χ0n) is 10.4. The molecular weight excluding hydrogens is 200 g/mol. The van der Waals surface area contributed by atoms with E-state index < -0.39 is 0 Å². The third kappa shape index (κ3) is 3.59. The first kappa shape index (κ1) is 13.2. The van der Waals surface area contributed by atoms with Crippen LogP contribution in [0.3, 0.4) is 0 Å². The summed E-state index contributed by atoms with van der Waals surface area (Å²) < 4.78 is 5.08. The summed E-state index contributed by atoms with van der Waals surface area (Å²) in [7, 11) is 3.80. The highest BCUT2D eigenvalue weighted by molar-refractivity contribution is 5.25. The third-order valence-electron chi connectivity index (χ3n) is 2.83. The summed E-state index contributed by atoms with van der Waals surface area (Å²) in [6.45, 7) is 4.36. The van der Waals surface area contributed by atoms with E-state index in [9.17, 15) is 0 Å². The zero-order chi connectivity index (χ0) is 12.0. The van der Waals surface area contributed by atoms with E-state index in [2.05, 4.69) is 43.1 Å². The van der Waals surface area contributed by atoms with Crippen molar-refractivity contribution in [3.8, 4) is 0 Å². The lowest BCUT2D eigenvalue weighted by atomic mass is 10.0. The Balaban J connectivity index is 2.73. The van der Waals surface area contributed by atoms with Gasteiger partial charge in [-0.05, 0) is 19.5 Å². The molecule has 0 amide bonds. The summed E-state index contributed by atoms with van der Waals surface area (Å²) in [5.41, 5.74) is 8.40. The molecule has 0 fully saturated rings. The molecule has 0 heterocycles. The number of nitrogens with two attached hydrogens (primary N) is 1. The van der Waals surface area contributed by atoms with Crippen LogP contribution in [0.25, 0.3) is 0 Å². The molecule has 16 heavy (non-hydrogen) atoms. The number of benzene rings is 1. The van der Waals surface area contributed by atoms with Crippen LogP contribution >= 0.6 is 0 Å². The number of ether oxygens (including phenoxy) is 1. The zero-order valence-corrected chi connectivity index (χ0v) is 10.4. The minimum Gasteiger partial charge on any atom is -0.383 e. The molecule has 1 atom stereocenters. The second-order valence-corrected chi connectivity index (χ2v) is 4.14. The van der Waals surface area contributed by atoms with Gasteiger partial charge >= 0.3 is 0 Å². The monoisotopic (exact) mass is 222 g/mol. The van der Waals surface area contributed by atoms with Crippen LogP contribution in [0.5, 0.6) is 0 Å². The van der Waals surface area contributed by atoms with E-state index in [1.165, 1.54) is 11.1 Å². The molecule has 1 unspecified atom stereocenters. The van der Waals surface area contributed by atoms with Gasteiger partial charge in [-0.3, -0.25) is 4.90 Å². The molecule has 1 rings (SSSR count). The first-order chi connectivity index (χ1) is 7.69. The number of nitrogens with zero attached hydrogens (tertiary/aromatic N) is 1. The molecule has 0 bridgehead atoms. The van der Waals surface area contributed by atoms with Gasteiger partial charge in [-0.25, -0.2) is 0 Å². The van der Waals surface area contributed by atoms with Crippen molar-refractivity contribution < 1.29 is 4.74 Å². The molecule has 90 valence electrons. The van der Waals surface area contributed by atoms with E-state index in [0.29, 0.717) is 6.54 Å². The summed E-state index contributed by atoms with van der Waals surface area (Å²) in [4.78, 5) is 2.23. The number of hydrogen-bond donors (Lipinski definition) is 1. The van der Waals surface area contributed by atoms with Gasteiger partial charge in [-0.2, -0.15) is 0 Å². The van der Waals surface area contributed by atoms with E-state index in [1.807, 2.05) is 0 Å². The van der Waals surface area contributed by atoms with Crippen molar-refractivity contribution in [3.05, 3.63) is 35.4 Å². The third-order valence-corrected chi connectivity index (χ3v) is 2.83. The molecule has 0 aliphatic rings. The first-order valence-corrected chi connectivity index (χ1v) is 5.65. The average Bonchev–Trinajstić information content (AvgIpc) is 2.27. The molecule has 0 aliphatic heterocycles. The Bertz CT molecular complexity index is 315. The van der Waals surface area contributed by atoms with Gasteiger partial charge in [0.25, 0.3) is 0 Å². The van der Waals surface area contributed by atoms with Gasteiger partial charge < -0.3 is 10.5 Å². The quantitative estimate of drug-likeness (QED) is 0.794. The molecule has 0 saturated heterocycles. The molecule has 1 aromatic rings. The van der Waals surface area contributed by atoms with Gasteiger partial charge in [-0.1, -0.05) is 29.8 Å². The van der Waals surface area contributed by atoms with Gasteiger partial charge in [0.05, 0.1) is 6.61 Å². The minimum absolute atomic E-state index is 0.273. The second-order valence-electron chi connectivity index (χ2n) is 4.14. The maximum Gasteiger partial charge on any atom is 0.0589 e. The van der Waals surface area contributed by atoms with Crippen LogP contribution in [0.2, 0.25) is 0 Å². The van der Waals surface area contributed by atoms with Crippen LogP contribution in [-0.2, 0) is 4.74 Å². The van der Waals surface area contributed by atoms with Crippen LogP contribution in [0, 0.1) is 6.92 Å². The van der Waals surface area contributed by atoms with E-state index in [0.717, 1.165) is 13.2 Å². The van der Waals surface area contributed by atoms with Gasteiger partial charge in [0.2, 0.25) is 0 Å². The summed E-state index contributed by atoms with van der Waals surface area (Å²) in [6, 6.07) is 8.79. The highest BCUT2D eigenvalue weighted by atomic mass is 16.5. The van der Waals surface area contributed by atoms with E-state index in [4.69, 9.17) is 10.5 Å². The molecule has 0 aromatic heterocycles. The van der Waals surface area contributed by atoms with Gasteiger partial charge in [-0.15, -0.1) is 0 Å². The fourth-order valence-electron chi connectivity index (χ4n) is 1.84. The Morgan fingerprint density at radius 1 is 1.44 bits per heavy atom.